The van der Waals surface area contributed by atoms with E-state index in [0.29, 0.717) is 35.6 Å². The molecule has 0 saturated carbocycles. The molecule has 0 bridgehead atoms. The molecule has 0 radical (unpaired) electrons. The maximum atomic E-state index is 5.88. The van der Waals surface area contributed by atoms with Crippen molar-refractivity contribution < 1.29 is 13.9 Å². The Hall–Kier alpha value is -3.38. The van der Waals surface area contributed by atoms with E-state index in [9.17, 15) is 0 Å². The van der Waals surface area contributed by atoms with Crippen molar-refractivity contribution >= 4 is 12.4 Å². The van der Waals surface area contributed by atoms with Crippen LogP contribution in [0, 0.1) is 0 Å². The molecule has 0 spiro atoms. The Balaban J connectivity index is 0.00000225. The highest BCUT2D eigenvalue weighted by Gasteiger charge is 2.12. The monoisotopic (exact) mass is 395 g/mol. The van der Waals surface area contributed by atoms with Crippen LogP contribution in [0.15, 0.2) is 77.3 Å². The summed E-state index contributed by atoms with van der Waals surface area (Å²) in [6, 6.07) is 20.9. The summed E-state index contributed by atoms with van der Waals surface area (Å²) in [5.41, 5.74) is 2.45. The molecule has 4 rings (SSSR count). The molecular weight excluding hydrogens is 378 g/mol. The molecule has 0 fully saturated rings. The quantitative estimate of drug-likeness (QED) is 0.466. The second-order valence-electron chi connectivity index (χ2n) is 5.77. The van der Waals surface area contributed by atoms with Gasteiger partial charge < -0.3 is 13.9 Å². The van der Waals surface area contributed by atoms with Gasteiger partial charge in [-0.25, -0.2) is 0 Å². The number of aromatic nitrogens is 3. The second kappa shape index (κ2) is 9.01. The average Bonchev–Trinajstić information content (AvgIpc) is 3.24. The van der Waals surface area contributed by atoms with Crippen molar-refractivity contribution in [3.8, 4) is 34.5 Å². The van der Waals surface area contributed by atoms with E-state index in [0.717, 1.165) is 11.1 Å². The predicted molar refractivity (Wildman–Crippen MR) is 108 cm³/mol. The third kappa shape index (κ3) is 4.29. The summed E-state index contributed by atoms with van der Waals surface area (Å²) in [5.74, 6) is 2.22. The largest absolute Gasteiger partial charge is 0.493 e. The van der Waals surface area contributed by atoms with Gasteiger partial charge in [-0.3, -0.25) is 4.98 Å². The Labute approximate surface area is 168 Å². The molecular formula is C21H18ClN3O3. The van der Waals surface area contributed by atoms with E-state index in [1.165, 1.54) is 0 Å². The molecule has 0 aliphatic heterocycles. The highest BCUT2D eigenvalue weighted by atomic mass is 35.5. The van der Waals surface area contributed by atoms with Gasteiger partial charge >= 0.3 is 0 Å². The first-order chi connectivity index (χ1) is 13.3. The van der Waals surface area contributed by atoms with Crippen LogP contribution < -0.4 is 9.47 Å². The molecule has 2 aromatic heterocycles. The molecule has 0 unspecified atom stereocenters. The van der Waals surface area contributed by atoms with Crippen LogP contribution in [-0.2, 0) is 6.61 Å². The molecule has 7 heteroatoms. The SMILES string of the molecule is COc1ccccc1OCc1cccc(-c2nnc(-c3ccccn3)o2)c1.Cl. The summed E-state index contributed by atoms with van der Waals surface area (Å²) < 4.78 is 16.9. The van der Waals surface area contributed by atoms with E-state index in [2.05, 4.69) is 15.2 Å². The van der Waals surface area contributed by atoms with Crippen molar-refractivity contribution in [2.75, 3.05) is 7.11 Å². The molecule has 0 aliphatic carbocycles. The Morgan fingerprint density at radius 1 is 0.857 bits per heavy atom. The fourth-order valence-electron chi connectivity index (χ4n) is 2.63. The zero-order chi connectivity index (χ0) is 18.5. The van der Waals surface area contributed by atoms with E-state index >= 15 is 0 Å². The fraction of sp³-hybridized carbons (Fsp3) is 0.0952. The van der Waals surface area contributed by atoms with Crippen molar-refractivity contribution in [2.45, 2.75) is 6.61 Å². The predicted octanol–water partition coefficient (Wildman–Crippen LogP) is 4.81. The van der Waals surface area contributed by atoms with Crippen LogP contribution >= 0.6 is 12.4 Å². The second-order valence-corrected chi connectivity index (χ2v) is 5.77. The van der Waals surface area contributed by atoms with Crippen molar-refractivity contribution in [2.24, 2.45) is 0 Å². The average molecular weight is 396 g/mol. The van der Waals surface area contributed by atoms with E-state index in [1.807, 2.05) is 66.7 Å². The van der Waals surface area contributed by atoms with Gasteiger partial charge in [-0.1, -0.05) is 30.3 Å². The number of nitrogens with zero attached hydrogens (tertiary/aromatic N) is 3. The first-order valence-corrected chi connectivity index (χ1v) is 8.43. The summed E-state index contributed by atoms with van der Waals surface area (Å²) >= 11 is 0. The smallest absolute Gasteiger partial charge is 0.266 e. The van der Waals surface area contributed by atoms with Gasteiger partial charge in [-0.05, 0) is 42.0 Å². The minimum absolute atomic E-state index is 0. The lowest BCUT2D eigenvalue weighted by molar-refractivity contribution is 0.284. The summed E-state index contributed by atoms with van der Waals surface area (Å²) in [6.07, 6.45) is 1.69. The molecule has 142 valence electrons. The van der Waals surface area contributed by atoms with Crippen molar-refractivity contribution in [3.63, 3.8) is 0 Å². The van der Waals surface area contributed by atoms with Crippen LogP contribution in [0.5, 0.6) is 11.5 Å². The number of rotatable bonds is 6. The van der Waals surface area contributed by atoms with Gasteiger partial charge in [-0.2, -0.15) is 0 Å². The minimum atomic E-state index is 0. The van der Waals surface area contributed by atoms with Gasteiger partial charge in [0.15, 0.2) is 11.5 Å². The summed E-state index contributed by atoms with van der Waals surface area (Å²) in [6.45, 7) is 0.398. The molecule has 2 aromatic carbocycles. The van der Waals surface area contributed by atoms with Crippen LogP contribution in [0.1, 0.15) is 5.56 Å². The van der Waals surface area contributed by atoms with Gasteiger partial charge in [0, 0.05) is 11.8 Å². The zero-order valence-corrected chi connectivity index (χ0v) is 15.9. The fourth-order valence-corrected chi connectivity index (χ4v) is 2.63. The Kier molecular flexibility index (Phi) is 6.24. The number of ether oxygens (including phenoxy) is 2. The number of pyridine rings is 1. The molecule has 0 N–H and O–H groups in total. The summed E-state index contributed by atoms with van der Waals surface area (Å²) in [5, 5.41) is 8.21. The third-order valence-corrected chi connectivity index (χ3v) is 3.95. The Bertz CT molecular complexity index is 1040. The maximum absolute atomic E-state index is 5.88. The molecule has 6 nitrogen and oxygen atoms in total. The van der Waals surface area contributed by atoms with Crippen LogP contribution in [0.4, 0.5) is 0 Å². The normalized spacial score (nSPS) is 10.2. The molecule has 28 heavy (non-hydrogen) atoms. The van der Waals surface area contributed by atoms with Gasteiger partial charge in [0.25, 0.3) is 5.89 Å². The highest BCUT2D eigenvalue weighted by Crippen LogP contribution is 2.27. The van der Waals surface area contributed by atoms with Crippen LogP contribution in [0.25, 0.3) is 23.0 Å². The van der Waals surface area contributed by atoms with Crippen LogP contribution in [0.3, 0.4) is 0 Å². The Morgan fingerprint density at radius 2 is 1.64 bits per heavy atom. The lowest BCUT2D eigenvalue weighted by Crippen LogP contribution is -1.97. The van der Waals surface area contributed by atoms with Gasteiger partial charge in [0.05, 0.1) is 7.11 Å². The van der Waals surface area contributed by atoms with E-state index < -0.39 is 0 Å². The van der Waals surface area contributed by atoms with Crippen molar-refractivity contribution in [1.82, 2.24) is 15.2 Å². The van der Waals surface area contributed by atoms with Gasteiger partial charge in [0.1, 0.15) is 12.3 Å². The zero-order valence-electron chi connectivity index (χ0n) is 15.1. The molecule has 0 saturated heterocycles. The lowest BCUT2D eigenvalue weighted by atomic mass is 10.1. The summed E-state index contributed by atoms with van der Waals surface area (Å²) in [4.78, 5) is 4.22. The van der Waals surface area contributed by atoms with E-state index in [-0.39, 0.29) is 12.4 Å². The number of benzene rings is 2. The Morgan fingerprint density at radius 3 is 2.43 bits per heavy atom. The number of para-hydroxylation sites is 2. The van der Waals surface area contributed by atoms with Gasteiger partial charge in [0.2, 0.25) is 5.89 Å². The molecule has 4 aromatic rings. The minimum Gasteiger partial charge on any atom is -0.493 e. The number of hydrogen-bond donors (Lipinski definition) is 0. The maximum Gasteiger partial charge on any atom is 0.266 e. The van der Waals surface area contributed by atoms with Crippen LogP contribution in [-0.4, -0.2) is 22.3 Å². The molecule has 0 aliphatic rings. The highest BCUT2D eigenvalue weighted by molar-refractivity contribution is 5.85. The molecule has 2 heterocycles. The third-order valence-electron chi connectivity index (χ3n) is 3.95. The van der Waals surface area contributed by atoms with E-state index in [4.69, 9.17) is 13.9 Å². The summed E-state index contributed by atoms with van der Waals surface area (Å²) in [7, 11) is 1.62. The van der Waals surface area contributed by atoms with Crippen molar-refractivity contribution in [1.29, 1.82) is 0 Å². The first-order valence-electron chi connectivity index (χ1n) is 8.43. The van der Waals surface area contributed by atoms with E-state index in [1.54, 1.807) is 13.3 Å². The number of halogens is 1. The molecule has 0 atom stereocenters. The first kappa shape index (κ1) is 19.4. The topological polar surface area (TPSA) is 70.3 Å². The lowest BCUT2D eigenvalue weighted by Gasteiger charge is -2.10. The standard InChI is InChI=1S/C21H17N3O3.ClH/c1-25-18-10-2-3-11-19(18)26-14-15-7-6-8-16(13-15)20-23-24-21(27-20)17-9-4-5-12-22-17;/h2-13H,14H2,1H3;1H. The number of hydrogen-bond acceptors (Lipinski definition) is 6. The number of methoxy groups -OCH3 is 1. The molecule has 0 amide bonds. The van der Waals surface area contributed by atoms with Crippen LogP contribution in [0.2, 0.25) is 0 Å². The van der Waals surface area contributed by atoms with Crippen molar-refractivity contribution in [3.05, 3.63) is 78.5 Å². The van der Waals surface area contributed by atoms with Gasteiger partial charge in [-0.15, -0.1) is 22.6 Å².